The van der Waals surface area contributed by atoms with E-state index in [-0.39, 0.29) is 18.9 Å². The molecule has 1 atom stereocenters. The van der Waals surface area contributed by atoms with Crippen molar-refractivity contribution in [1.29, 1.82) is 0 Å². The Labute approximate surface area is 139 Å². The molecule has 4 nitrogen and oxygen atoms in total. The van der Waals surface area contributed by atoms with Crippen LogP contribution >= 0.6 is 23.2 Å². The van der Waals surface area contributed by atoms with Crippen LogP contribution in [-0.4, -0.2) is 34.5 Å². The third-order valence-electron chi connectivity index (χ3n) is 3.30. The Morgan fingerprint density at radius 1 is 1.23 bits per heavy atom. The first-order chi connectivity index (χ1) is 10.5. The smallest absolute Gasteiger partial charge is 0.226 e. The summed E-state index contributed by atoms with van der Waals surface area (Å²) < 4.78 is 0. The maximum Gasteiger partial charge on any atom is 0.226 e. The van der Waals surface area contributed by atoms with Gasteiger partial charge in [-0.25, -0.2) is 0 Å². The molecule has 1 heterocycles. The molecular weight excluding hydrogens is 323 g/mol. The number of carbonyl (C=O) groups excluding carboxylic acids is 1. The van der Waals surface area contributed by atoms with E-state index in [2.05, 4.69) is 4.98 Å². The first-order valence-electron chi connectivity index (χ1n) is 6.73. The van der Waals surface area contributed by atoms with Crippen LogP contribution in [0, 0.1) is 0 Å². The molecule has 0 saturated carbocycles. The SMILES string of the molecule is CN(CC(O)c1ccncc1)C(=O)Cc1ccc(Cl)c(Cl)c1. The molecule has 1 amide bonds. The molecule has 6 heteroatoms. The van der Waals surface area contributed by atoms with Crippen molar-refractivity contribution in [2.24, 2.45) is 0 Å². The Morgan fingerprint density at radius 2 is 1.91 bits per heavy atom. The van der Waals surface area contributed by atoms with Crippen molar-refractivity contribution in [2.75, 3.05) is 13.6 Å². The van der Waals surface area contributed by atoms with Gasteiger partial charge in [0, 0.05) is 19.4 Å². The highest BCUT2D eigenvalue weighted by Gasteiger charge is 2.16. The topological polar surface area (TPSA) is 53.4 Å². The average molecular weight is 339 g/mol. The number of aliphatic hydroxyl groups is 1. The normalized spacial score (nSPS) is 12.0. The molecule has 116 valence electrons. The number of aliphatic hydroxyl groups excluding tert-OH is 1. The van der Waals surface area contributed by atoms with Crippen LogP contribution in [-0.2, 0) is 11.2 Å². The lowest BCUT2D eigenvalue weighted by Crippen LogP contribution is -2.32. The van der Waals surface area contributed by atoms with E-state index in [0.29, 0.717) is 10.0 Å². The first-order valence-corrected chi connectivity index (χ1v) is 7.49. The van der Waals surface area contributed by atoms with Crippen LogP contribution in [0.15, 0.2) is 42.7 Å². The second kappa shape index (κ2) is 7.58. The van der Waals surface area contributed by atoms with Crippen molar-refractivity contribution >= 4 is 29.1 Å². The van der Waals surface area contributed by atoms with Crippen molar-refractivity contribution in [1.82, 2.24) is 9.88 Å². The zero-order valence-electron chi connectivity index (χ0n) is 12.0. The van der Waals surface area contributed by atoms with E-state index in [4.69, 9.17) is 23.2 Å². The maximum atomic E-state index is 12.2. The van der Waals surface area contributed by atoms with E-state index < -0.39 is 6.10 Å². The van der Waals surface area contributed by atoms with Gasteiger partial charge >= 0.3 is 0 Å². The van der Waals surface area contributed by atoms with Gasteiger partial charge in [-0.1, -0.05) is 29.3 Å². The largest absolute Gasteiger partial charge is 0.387 e. The second-order valence-electron chi connectivity index (χ2n) is 5.00. The minimum atomic E-state index is -0.745. The Balaban J connectivity index is 1.95. The summed E-state index contributed by atoms with van der Waals surface area (Å²) in [7, 11) is 1.66. The van der Waals surface area contributed by atoms with Crippen molar-refractivity contribution in [3.05, 3.63) is 63.9 Å². The molecular formula is C16H16Cl2N2O2. The summed E-state index contributed by atoms with van der Waals surface area (Å²) in [6.07, 6.45) is 2.67. The van der Waals surface area contributed by atoms with Crippen molar-refractivity contribution in [3.63, 3.8) is 0 Å². The molecule has 1 aromatic heterocycles. The fraction of sp³-hybridized carbons (Fsp3) is 0.250. The van der Waals surface area contributed by atoms with Crippen LogP contribution in [0.2, 0.25) is 10.0 Å². The number of aromatic nitrogens is 1. The monoisotopic (exact) mass is 338 g/mol. The number of amides is 1. The van der Waals surface area contributed by atoms with Gasteiger partial charge in [0.1, 0.15) is 0 Å². The Hall–Kier alpha value is -1.62. The molecule has 1 aromatic carbocycles. The predicted octanol–water partition coefficient (Wildman–Crippen LogP) is 3.12. The number of rotatable bonds is 5. The van der Waals surface area contributed by atoms with Crippen molar-refractivity contribution < 1.29 is 9.90 Å². The van der Waals surface area contributed by atoms with Gasteiger partial charge in [-0.2, -0.15) is 0 Å². The van der Waals surface area contributed by atoms with Gasteiger partial charge in [-0.15, -0.1) is 0 Å². The van der Waals surface area contributed by atoms with E-state index in [0.717, 1.165) is 11.1 Å². The van der Waals surface area contributed by atoms with Gasteiger partial charge in [0.05, 0.1) is 29.1 Å². The molecule has 0 aliphatic carbocycles. The average Bonchev–Trinajstić information content (AvgIpc) is 2.51. The molecule has 0 bridgehead atoms. The summed E-state index contributed by atoms with van der Waals surface area (Å²) in [5, 5.41) is 11.0. The van der Waals surface area contributed by atoms with E-state index in [9.17, 15) is 9.90 Å². The van der Waals surface area contributed by atoms with Gasteiger partial charge in [0.25, 0.3) is 0 Å². The minimum Gasteiger partial charge on any atom is -0.387 e. The lowest BCUT2D eigenvalue weighted by atomic mass is 10.1. The lowest BCUT2D eigenvalue weighted by Gasteiger charge is -2.21. The summed E-state index contributed by atoms with van der Waals surface area (Å²) in [6.45, 7) is 0.212. The van der Waals surface area contributed by atoms with Crippen molar-refractivity contribution in [3.8, 4) is 0 Å². The summed E-state index contributed by atoms with van der Waals surface area (Å²) >= 11 is 11.8. The van der Waals surface area contributed by atoms with Crippen LogP contribution in [0.25, 0.3) is 0 Å². The maximum absolute atomic E-state index is 12.2. The molecule has 0 radical (unpaired) electrons. The van der Waals surface area contributed by atoms with Crippen LogP contribution in [0.4, 0.5) is 0 Å². The molecule has 2 rings (SSSR count). The van der Waals surface area contributed by atoms with E-state index in [1.165, 1.54) is 4.90 Å². The number of nitrogens with zero attached hydrogens (tertiary/aromatic N) is 2. The molecule has 0 saturated heterocycles. The molecule has 1 N–H and O–H groups in total. The molecule has 0 spiro atoms. The fourth-order valence-electron chi connectivity index (χ4n) is 2.01. The number of likely N-dealkylation sites (N-methyl/N-ethyl adjacent to an activating group) is 1. The fourth-order valence-corrected chi connectivity index (χ4v) is 2.33. The summed E-state index contributed by atoms with van der Waals surface area (Å²) in [4.78, 5) is 17.6. The summed E-state index contributed by atoms with van der Waals surface area (Å²) in [5.74, 6) is -0.105. The number of pyridine rings is 1. The molecule has 0 fully saturated rings. The highest BCUT2D eigenvalue weighted by molar-refractivity contribution is 6.42. The number of hydrogen-bond acceptors (Lipinski definition) is 3. The van der Waals surface area contributed by atoms with Crippen LogP contribution in [0.5, 0.6) is 0 Å². The molecule has 0 aliphatic rings. The Bertz CT molecular complexity index is 650. The highest BCUT2D eigenvalue weighted by atomic mass is 35.5. The van der Waals surface area contributed by atoms with Gasteiger partial charge in [0.15, 0.2) is 0 Å². The zero-order valence-corrected chi connectivity index (χ0v) is 13.6. The number of halogens is 2. The van der Waals surface area contributed by atoms with Crippen LogP contribution in [0.3, 0.4) is 0 Å². The number of carbonyl (C=O) groups is 1. The van der Waals surface area contributed by atoms with Gasteiger partial charge in [0.2, 0.25) is 5.91 Å². The molecule has 0 aliphatic heterocycles. The zero-order chi connectivity index (χ0) is 16.1. The Morgan fingerprint density at radius 3 is 2.55 bits per heavy atom. The molecule has 2 aromatic rings. The lowest BCUT2D eigenvalue weighted by molar-refractivity contribution is -0.130. The standard InChI is InChI=1S/C16H16Cl2N2O2/c1-20(10-15(21)12-4-6-19-7-5-12)16(22)9-11-2-3-13(17)14(18)8-11/h2-8,15,21H,9-10H2,1H3. The Kier molecular flexibility index (Phi) is 5.77. The van der Waals surface area contributed by atoms with E-state index >= 15 is 0 Å². The highest BCUT2D eigenvalue weighted by Crippen LogP contribution is 2.23. The quantitative estimate of drug-likeness (QED) is 0.911. The van der Waals surface area contributed by atoms with Gasteiger partial charge in [-0.05, 0) is 35.4 Å². The first kappa shape index (κ1) is 16.7. The van der Waals surface area contributed by atoms with E-state index in [1.54, 1.807) is 49.8 Å². The summed E-state index contributed by atoms with van der Waals surface area (Å²) in [6, 6.07) is 8.55. The third kappa shape index (κ3) is 4.44. The van der Waals surface area contributed by atoms with Gasteiger partial charge < -0.3 is 10.0 Å². The van der Waals surface area contributed by atoms with Crippen LogP contribution in [0.1, 0.15) is 17.2 Å². The second-order valence-corrected chi connectivity index (χ2v) is 5.81. The molecule has 22 heavy (non-hydrogen) atoms. The minimum absolute atomic E-state index is 0.105. The molecule has 1 unspecified atom stereocenters. The van der Waals surface area contributed by atoms with Crippen molar-refractivity contribution in [2.45, 2.75) is 12.5 Å². The predicted molar refractivity (Wildman–Crippen MR) is 87.0 cm³/mol. The summed E-state index contributed by atoms with van der Waals surface area (Å²) in [5.41, 5.74) is 1.51. The number of benzene rings is 1. The van der Waals surface area contributed by atoms with Gasteiger partial charge in [-0.3, -0.25) is 9.78 Å². The number of hydrogen-bond donors (Lipinski definition) is 1. The van der Waals surface area contributed by atoms with E-state index in [1.807, 2.05) is 0 Å². The van der Waals surface area contributed by atoms with Crippen LogP contribution < -0.4 is 0 Å². The third-order valence-corrected chi connectivity index (χ3v) is 4.04.